The topological polar surface area (TPSA) is 46.3 Å². The summed E-state index contributed by atoms with van der Waals surface area (Å²) >= 11 is 5.96. The van der Waals surface area contributed by atoms with Crippen LogP contribution in [0.2, 0.25) is 5.02 Å². The van der Waals surface area contributed by atoms with Crippen molar-refractivity contribution in [1.82, 2.24) is 4.90 Å². The minimum absolute atomic E-state index is 0.0512. The molecule has 4 heteroatoms. The van der Waals surface area contributed by atoms with Crippen LogP contribution in [-0.2, 0) is 0 Å². The van der Waals surface area contributed by atoms with Gasteiger partial charge in [0.1, 0.15) is 0 Å². The minimum Gasteiger partial charge on any atom is -0.398 e. The Kier molecular flexibility index (Phi) is 3.81. The Morgan fingerprint density at radius 1 is 1.33 bits per heavy atom. The van der Waals surface area contributed by atoms with Crippen molar-refractivity contribution in [1.29, 1.82) is 0 Å². The molecule has 1 aromatic carbocycles. The number of rotatable bonds is 1. The maximum atomic E-state index is 12.4. The Morgan fingerprint density at radius 2 is 1.94 bits per heavy atom. The van der Waals surface area contributed by atoms with Crippen molar-refractivity contribution < 1.29 is 4.79 Å². The number of amides is 1. The van der Waals surface area contributed by atoms with Crippen molar-refractivity contribution in [3.05, 3.63) is 28.8 Å². The van der Waals surface area contributed by atoms with Gasteiger partial charge in [-0.2, -0.15) is 0 Å². The van der Waals surface area contributed by atoms with Crippen LogP contribution in [0.15, 0.2) is 18.2 Å². The summed E-state index contributed by atoms with van der Waals surface area (Å²) in [6.45, 7) is 6.02. The van der Waals surface area contributed by atoms with Gasteiger partial charge in [0, 0.05) is 18.7 Å². The summed E-state index contributed by atoms with van der Waals surface area (Å²) in [5.74, 6) is 1.17. The van der Waals surface area contributed by atoms with Crippen molar-refractivity contribution in [2.24, 2.45) is 11.8 Å². The van der Waals surface area contributed by atoms with Gasteiger partial charge >= 0.3 is 0 Å². The molecule has 2 unspecified atom stereocenters. The number of likely N-dealkylation sites (tertiary alicyclic amines) is 1. The van der Waals surface area contributed by atoms with Gasteiger partial charge in [0.2, 0.25) is 0 Å². The molecule has 2 rings (SSSR count). The zero-order chi connectivity index (χ0) is 13.3. The molecule has 2 N–H and O–H groups in total. The van der Waals surface area contributed by atoms with E-state index in [-0.39, 0.29) is 5.91 Å². The maximum absolute atomic E-state index is 12.4. The molecule has 0 bridgehead atoms. The first-order chi connectivity index (χ1) is 8.47. The van der Waals surface area contributed by atoms with Crippen molar-refractivity contribution in [3.63, 3.8) is 0 Å². The van der Waals surface area contributed by atoms with Crippen LogP contribution in [0.25, 0.3) is 0 Å². The van der Waals surface area contributed by atoms with Crippen LogP contribution in [-0.4, -0.2) is 23.9 Å². The first-order valence-electron chi connectivity index (χ1n) is 6.31. The number of hydrogen-bond donors (Lipinski definition) is 1. The second-order valence-corrected chi connectivity index (χ2v) is 5.80. The standard InChI is InChI=1S/C14H19ClN2O/c1-9-5-10(2)8-17(7-9)14(18)11-3-4-13(16)12(15)6-11/h3-4,6,9-10H,5,7-8,16H2,1-2H3. The molecular weight excluding hydrogens is 248 g/mol. The third-order valence-electron chi connectivity index (χ3n) is 3.40. The average Bonchev–Trinajstić information content (AvgIpc) is 2.30. The molecule has 98 valence electrons. The highest BCUT2D eigenvalue weighted by molar-refractivity contribution is 6.33. The van der Waals surface area contributed by atoms with Crippen molar-refractivity contribution in [3.8, 4) is 0 Å². The SMILES string of the molecule is CC1CC(C)CN(C(=O)c2ccc(N)c(Cl)c2)C1. The number of nitrogen functional groups attached to an aromatic ring is 1. The van der Waals surface area contributed by atoms with E-state index in [4.69, 9.17) is 17.3 Å². The molecular formula is C14H19ClN2O. The largest absolute Gasteiger partial charge is 0.398 e. The first-order valence-corrected chi connectivity index (χ1v) is 6.69. The molecule has 1 amide bonds. The Hall–Kier alpha value is -1.22. The Bertz CT molecular complexity index is 451. The lowest BCUT2D eigenvalue weighted by molar-refractivity contribution is 0.0623. The van der Waals surface area contributed by atoms with Crippen LogP contribution >= 0.6 is 11.6 Å². The number of hydrogen-bond acceptors (Lipinski definition) is 2. The zero-order valence-corrected chi connectivity index (χ0v) is 11.6. The molecule has 1 heterocycles. The summed E-state index contributed by atoms with van der Waals surface area (Å²) in [6, 6.07) is 5.09. The van der Waals surface area contributed by atoms with Gasteiger partial charge < -0.3 is 10.6 Å². The summed E-state index contributed by atoms with van der Waals surface area (Å²) in [6.07, 6.45) is 1.19. The number of benzene rings is 1. The molecule has 2 atom stereocenters. The highest BCUT2D eigenvalue weighted by atomic mass is 35.5. The first kappa shape index (κ1) is 13.2. The van der Waals surface area contributed by atoms with E-state index in [1.54, 1.807) is 18.2 Å². The fraction of sp³-hybridized carbons (Fsp3) is 0.500. The van der Waals surface area contributed by atoms with Gasteiger partial charge in [-0.3, -0.25) is 4.79 Å². The molecule has 18 heavy (non-hydrogen) atoms. The van der Waals surface area contributed by atoms with Gasteiger partial charge in [-0.25, -0.2) is 0 Å². The lowest BCUT2D eigenvalue weighted by Gasteiger charge is -2.35. The molecule has 0 aromatic heterocycles. The van der Waals surface area contributed by atoms with Crippen LogP contribution < -0.4 is 5.73 Å². The monoisotopic (exact) mass is 266 g/mol. The van der Waals surface area contributed by atoms with Crippen molar-refractivity contribution in [2.45, 2.75) is 20.3 Å². The Morgan fingerprint density at radius 3 is 2.50 bits per heavy atom. The average molecular weight is 267 g/mol. The molecule has 0 saturated carbocycles. The van der Waals surface area contributed by atoms with E-state index in [9.17, 15) is 4.79 Å². The van der Waals surface area contributed by atoms with E-state index in [2.05, 4.69) is 13.8 Å². The van der Waals surface area contributed by atoms with Gasteiger partial charge in [0.25, 0.3) is 5.91 Å². The molecule has 0 radical (unpaired) electrons. The quantitative estimate of drug-likeness (QED) is 0.794. The summed E-state index contributed by atoms with van der Waals surface area (Å²) < 4.78 is 0. The van der Waals surface area contributed by atoms with E-state index in [1.165, 1.54) is 6.42 Å². The number of halogens is 1. The summed E-state index contributed by atoms with van der Waals surface area (Å²) in [5.41, 5.74) is 6.78. The van der Waals surface area contributed by atoms with Crippen LogP contribution in [0.1, 0.15) is 30.6 Å². The smallest absolute Gasteiger partial charge is 0.253 e. The molecule has 1 aliphatic heterocycles. The lowest BCUT2D eigenvalue weighted by atomic mass is 9.91. The predicted octanol–water partition coefficient (Wildman–Crippen LogP) is 3.04. The van der Waals surface area contributed by atoms with Crippen molar-refractivity contribution in [2.75, 3.05) is 18.8 Å². The number of carbonyl (C=O) groups excluding carboxylic acids is 1. The van der Waals surface area contributed by atoms with Gasteiger partial charge in [0.15, 0.2) is 0 Å². The van der Waals surface area contributed by atoms with Crippen molar-refractivity contribution >= 4 is 23.2 Å². The Balaban J connectivity index is 2.17. The van der Waals surface area contributed by atoms with Crippen LogP contribution in [0.4, 0.5) is 5.69 Å². The van der Waals surface area contributed by atoms with Crippen LogP contribution in [0, 0.1) is 11.8 Å². The molecule has 0 aliphatic carbocycles. The molecule has 1 fully saturated rings. The van der Waals surface area contributed by atoms with Gasteiger partial charge in [-0.05, 0) is 36.5 Å². The van der Waals surface area contributed by atoms with Gasteiger partial charge in [-0.15, -0.1) is 0 Å². The number of piperidine rings is 1. The molecule has 3 nitrogen and oxygen atoms in total. The molecule has 1 aromatic rings. The second-order valence-electron chi connectivity index (χ2n) is 5.39. The fourth-order valence-corrected chi connectivity index (χ4v) is 2.85. The number of carbonyl (C=O) groups is 1. The Labute approximate surface area is 113 Å². The maximum Gasteiger partial charge on any atom is 0.253 e. The third-order valence-corrected chi connectivity index (χ3v) is 3.73. The van der Waals surface area contributed by atoms with Crippen LogP contribution in [0.5, 0.6) is 0 Å². The lowest BCUT2D eigenvalue weighted by Crippen LogP contribution is -2.42. The van der Waals surface area contributed by atoms with E-state index in [1.807, 2.05) is 4.90 Å². The highest BCUT2D eigenvalue weighted by Gasteiger charge is 2.26. The van der Waals surface area contributed by atoms with E-state index in [0.717, 1.165) is 13.1 Å². The van der Waals surface area contributed by atoms with E-state index < -0.39 is 0 Å². The highest BCUT2D eigenvalue weighted by Crippen LogP contribution is 2.25. The summed E-state index contributed by atoms with van der Waals surface area (Å²) in [7, 11) is 0. The molecule has 1 aliphatic rings. The zero-order valence-electron chi connectivity index (χ0n) is 10.8. The summed E-state index contributed by atoms with van der Waals surface area (Å²) in [4.78, 5) is 14.3. The second kappa shape index (κ2) is 5.19. The number of nitrogens with two attached hydrogens (primary N) is 1. The van der Waals surface area contributed by atoms with Gasteiger partial charge in [-0.1, -0.05) is 25.4 Å². The molecule has 1 saturated heterocycles. The van der Waals surface area contributed by atoms with E-state index >= 15 is 0 Å². The fourth-order valence-electron chi connectivity index (χ4n) is 2.67. The van der Waals surface area contributed by atoms with Crippen LogP contribution in [0.3, 0.4) is 0 Å². The number of anilines is 1. The van der Waals surface area contributed by atoms with Gasteiger partial charge in [0.05, 0.1) is 10.7 Å². The predicted molar refractivity (Wildman–Crippen MR) is 74.7 cm³/mol. The number of nitrogens with zero attached hydrogens (tertiary/aromatic N) is 1. The molecule has 0 spiro atoms. The third kappa shape index (κ3) is 2.78. The van der Waals surface area contributed by atoms with E-state index in [0.29, 0.717) is 28.1 Å². The normalized spacial score (nSPS) is 24.1. The summed E-state index contributed by atoms with van der Waals surface area (Å²) in [5, 5.41) is 0.443. The minimum atomic E-state index is 0.0512.